The largest absolute Gasteiger partial charge is 1.00 e. The molecule has 0 saturated carbocycles. The molecule has 0 N–H and O–H groups in total. The Morgan fingerprint density at radius 2 is 0.438 bits per heavy atom. The topological polar surface area (TPSA) is 92.2 Å². The fraction of sp³-hybridized carbons (Fsp3) is 1.00. The zero-order valence-electron chi connectivity index (χ0n) is 12.5. The summed E-state index contributed by atoms with van der Waals surface area (Å²) < 4.78 is 0. The Bertz CT molecular complexity index is 32.0. The molecule has 0 radical (unpaired) electrons. The normalized spacial score (nSPS) is 4.50. The van der Waals surface area contributed by atoms with Crippen molar-refractivity contribution in [2.45, 2.75) is 27.7 Å². The molecule has 0 atom stereocenters. The summed E-state index contributed by atoms with van der Waals surface area (Å²) in [6.45, 7) is 6.28. The van der Waals surface area contributed by atoms with E-state index in [0.717, 1.165) is 0 Å². The first-order chi connectivity index (χ1) is 5.66. The van der Waals surface area contributed by atoms with Crippen LogP contribution in [0.1, 0.15) is 27.7 Å². The zero-order valence-corrected chi connectivity index (χ0v) is 20.5. The summed E-state index contributed by atoms with van der Waals surface area (Å²) in [5.74, 6) is 0. The third-order valence-electron chi connectivity index (χ3n) is 0. The van der Waals surface area contributed by atoms with E-state index in [1.54, 1.807) is 27.7 Å². The van der Waals surface area contributed by atoms with Gasteiger partial charge in [0.05, 0.1) is 0 Å². The van der Waals surface area contributed by atoms with Crippen LogP contribution in [0.15, 0.2) is 0 Å². The maximum atomic E-state index is 8.93. The van der Waals surface area contributed by atoms with E-state index >= 15 is 0 Å². The first kappa shape index (κ1) is 50.2. The van der Waals surface area contributed by atoms with Crippen LogP contribution in [-0.4, -0.2) is 26.4 Å². The minimum Gasteiger partial charge on any atom is -0.855 e. The molecule has 0 saturated heterocycles. The molecule has 0 amide bonds. The van der Waals surface area contributed by atoms with Gasteiger partial charge >= 0.3 is 118 Å². The number of hydrogen-bond donors (Lipinski definition) is 0. The van der Waals surface area contributed by atoms with Crippen LogP contribution in [0.25, 0.3) is 0 Å². The van der Waals surface area contributed by atoms with Crippen LogP contribution in [0.4, 0.5) is 0 Å². The standard InChI is InChI=1S/4C2H5O.4Na/c4*1-2-3;;;;/h4*2H2,1H3;;;;/q4*-1;4*+1. The van der Waals surface area contributed by atoms with Gasteiger partial charge in [-0.05, 0) is 0 Å². The molecule has 0 aliphatic carbocycles. The van der Waals surface area contributed by atoms with E-state index in [1.165, 1.54) is 0 Å². The maximum absolute atomic E-state index is 8.93. The molecule has 0 heterocycles. The van der Waals surface area contributed by atoms with Gasteiger partial charge < -0.3 is 20.4 Å². The molecule has 0 aromatic heterocycles. The Hall–Kier alpha value is 3.84. The molecule has 80 valence electrons. The van der Waals surface area contributed by atoms with E-state index in [0.29, 0.717) is 0 Å². The van der Waals surface area contributed by atoms with Crippen molar-refractivity contribution in [1.29, 1.82) is 0 Å². The number of rotatable bonds is 0. The van der Waals surface area contributed by atoms with Gasteiger partial charge in [-0.2, -0.15) is 0 Å². The molecule has 4 nitrogen and oxygen atoms in total. The van der Waals surface area contributed by atoms with Crippen LogP contribution in [0.2, 0.25) is 0 Å². The van der Waals surface area contributed by atoms with Gasteiger partial charge in [-0.15, -0.1) is 26.4 Å². The second-order valence-electron chi connectivity index (χ2n) is 1.15. The van der Waals surface area contributed by atoms with Gasteiger partial charge in [0.2, 0.25) is 0 Å². The fourth-order valence-corrected chi connectivity index (χ4v) is 0. The smallest absolute Gasteiger partial charge is 0.855 e. The summed E-state index contributed by atoms with van der Waals surface area (Å²) in [6, 6.07) is 0. The SMILES string of the molecule is CC[O-].CC[O-].CC[O-].CC[O-].[Na+].[Na+].[Na+].[Na+]. The molecule has 0 bridgehead atoms. The van der Waals surface area contributed by atoms with Crippen molar-refractivity contribution in [2.75, 3.05) is 26.4 Å². The summed E-state index contributed by atoms with van der Waals surface area (Å²) in [5.41, 5.74) is 0. The monoisotopic (exact) mass is 272 g/mol. The summed E-state index contributed by atoms with van der Waals surface area (Å²) in [7, 11) is 0. The molecule has 16 heavy (non-hydrogen) atoms. The van der Waals surface area contributed by atoms with Crippen molar-refractivity contribution in [2.24, 2.45) is 0 Å². The summed E-state index contributed by atoms with van der Waals surface area (Å²) in [4.78, 5) is 0. The zero-order chi connectivity index (χ0) is 10.8. The Morgan fingerprint density at radius 3 is 0.438 bits per heavy atom. The number of hydrogen-bond acceptors (Lipinski definition) is 4. The minimum absolute atomic E-state index is 0. The van der Waals surface area contributed by atoms with Crippen molar-refractivity contribution < 1.29 is 139 Å². The van der Waals surface area contributed by atoms with Gasteiger partial charge in [-0.1, -0.05) is 27.7 Å². The van der Waals surface area contributed by atoms with Crippen molar-refractivity contribution in [3.05, 3.63) is 0 Å². The summed E-state index contributed by atoms with van der Waals surface area (Å²) in [5, 5.41) is 35.7. The minimum atomic E-state index is 0. The van der Waals surface area contributed by atoms with E-state index in [9.17, 15) is 0 Å². The Labute approximate surface area is 189 Å². The van der Waals surface area contributed by atoms with Gasteiger partial charge in [-0.25, -0.2) is 0 Å². The molecule has 0 aliphatic rings. The van der Waals surface area contributed by atoms with E-state index in [-0.39, 0.29) is 145 Å². The quantitative estimate of drug-likeness (QED) is 0.409. The van der Waals surface area contributed by atoms with Crippen LogP contribution in [0.5, 0.6) is 0 Å². The third kappa shape index (κ3) is 343. The molecule has 8 heteroatoms. The molecular formula is C8H20Na4O4. The molecule has 0 spiro atoms. The first-order valence-corrected chi connectivity index (χ1v) is 3.98. The molecular weight excluding hydrogens is 252 g/mol. The average Bonchev–Trinajstić information content (AvgIpc) is 1.92. The molecule has 0 aromatic rings. The van der Waals surface area contributed by atoms with Crippen molar-refractivity contribution in [3.63, 3.8) is 0 Å². The van der Waals surface area contributed by atoms with Crippen molar-refractivity contribution in [3.8, 4) is 0 Å². The second-order valence-corrected chi connectivity index (χ2v) is 1.15. The predicted molar refractivity (Wildman–Crippen MR) is 42.2 cm³/mol. The average molecular weight is 272 g/mol. The van der Waals surface area contributed by atoms with Gasteiger partial charge in [0.15, 0.2) is 0 Å². The van der Waals surface area contributed by atoms with Crippen LogP contribution >= 0.6 is 0 Å². The van der Waals surface area contributed by atoms with Crippen LogP contribution in [0.3, 0.4) is 0 Å². The molecule has 0 fully saturated rings. The van der Waals surface area contributed by atoms with E-state index < -0.39 is 0 Å². The Morgan fingerprint density at radius 1 is 0.438 bits per heavy atom. The Kier molecular flexibility index (Phi) is 306. The maximum Gasteiger partial charge on any atom is 1.00 e. The van der Waals surface area contributed by atoms with E-state index in [2.05, 4.69) is 0 Å². The first-order valence-electron chi connectivity index (χ1n) is 3.98. The van der Waals surface area contributed by atoms with E-state index in [1.807, 2.05) is 0 Å². The second kappa shape index (κ2) is 97.6. The summed E-state index contributed by atoms with van der Waals surface area (Å²) >= 11 is 0. The van der Waals surface area contributed by atoms with Crippen molar-refractivity contribution in [1.82, 2.24) is 0 Å². The third-order valence-corrected chi connectivity index (χ3v) is 0. The van der Waals surface area contributed by atoms with Crippen molar-refractivity contribution >= 4 is 0 Å². The van der Waals surface area contributed by atoms with E-state index in [4.69, 9.17) is 20.4 Å². The van der Waals surface area contributed by atoms with Gasteiger partial charge in [-0.3, -0.25) is 0 Å². The Balaban J connectivity index is -0.00000000821. The fourth-order valence-electron chi connectivity index (χ4n) is 0. The van der Waals surface area contributed by atoms with Crippen LogP contribution < -0.4 is 139 Å². The molecule has 0 aliphatic heterocycles. The molecule has 0 rings (SSSR count). The van der Waals surface area contributed by atoms with Crippen LogP contribution in [0, 0.1) is 0 Å². The van der Waals surface area contributed by atoms with Gasteiger partial charge in [0.1, 0.15) is 0 Å². The van der Waals surface area contributed by atoms with Gasteiger partial charge in [0, 0.05) is 0 Å². The molecule has 0 unspecified atom stereocenters. The molecule has 0 aromatic carbocycles. The predicted octanol–water partition coefficient (Wildman–Crippen LogP) is -14.5. The van der Waals surface area contributed by atoms with Crippen LogP contribution in [-0.2, 0) is 0 Å². The summed E-state index contributed by atoms with van der Waals surface area (Å²) in [6.07, 6.45) is 0. The van der Waals surface area contributed by atoms with Gasteiger partial charge in [0.25, 0.3) is 0 Å².